The molecule has 2 amide bonds. The summed E-state index contributed by atoms with van der Waals surface area (Å²) < 4.78 is 1.94. The number of para-hydroxylation sites is 1. The van der Waals surface area contributed by atoms with Gasteiger partial charge in [-0.1, -0.05) is 28.1 Å². The monoisotopic (exact) mass is 484 g/mol. The number of carbonyl (C=O) groups is 2. The lowest BCUT2D eigenvalue weighted by atomic mass is 10.1. The van der Waals surface area contributed by atoms with Gasteiger partial charge in [0.2, 0.25) is 11.8 Å². The smallest absolute Gasteiger partial charge is 0.229 e. The first-order chi connectivity index (χ1) is 11.0. The second-order valence-corrected chi connectivity index (χ2v) is 7.43. The molecule has 6 heteroatoms. The first-order valence-corrected chi connectivity index (χ1v) is 9.03. The Morgan fingerprint density at radius 3 is 2.57 bits per heavy atom. The summed E-state index contributed by atoms with van der Waals surface area (Å²) >= 11 is 5.56. The number of rotatable bonds is 3. The summed E-state index contributed by atoms with van der Waals surface area (Å²) in [5, 5.41) is 2.92. The van der Waals surface area contributed by atoms with Crippen LogP contribution in [0, 0.1) is 9.49 Å². The highest BCUT2D eigenvalue weighted by Crippen LogP contribution is 2.27. The molecule has 23 heavy (non-hydrogen) atoms. The van der Waals surface area contributed by atoms with E-state index in [1.165, 1.54) is 0 Å². The van der Waals surface area contributed by atoms with Crippen LogP contribution in [0.15, 0.2) is 53.0 Å². The Labute approximate surface area is 156 Å². The Morgan fingerprint density at radius 2 is 1.87 bits per heavy atom. The second-order valence-electron chi connectivity index (χ2n) is 5.35. The molecule has 1 saturated heterocycles. The van der Waals surface area contributed by atoms with Crippen LogP contribution in [0.3, 0.4) is 0 Å². The zero-order chi connectivity index (χ0) is 16.4. The van der Waals surface area contributed by atoms with Crippen molar-refractivity contribution in [2.24, 2.45) is 5.92 Å². The van der Waals surface area contributed by atoms with Gasteiger partial charge in [0.05, 0.1) is 11.6 Å². The molecule has 1 aliphatic heterocycles. The first kappa shape index (κ1) is 16.4. The SMILES string of the molecule is O=C(Nc1ccccc1I)[C@H]1CC(=O)N(c2ccc(Br)cc2)C1. The van der Waals surface area contributed by atoms with Gasteiger partial charge in [0, 0.05) is 26.7 Å². The van der Waals surface area contributed by atoms with Gasteiger partial charge < -0.3 is 10.2 Å². The van der Waals surface area contributed by atoms with Crippen molar-refractivity contribution in [2.45, 2.75) is 6.42 Å². The standard InChI is InChI=1S/C17H14BrIN2O2/c18-12-5-7-13(8-6-12)21-10-11(9-16(21)22)17(23)20-15-4-2-1-3-14(15)19/h1-8,11H,9-10H2,(H,20,23)/t11-/m0/s1. The van der Waals surface area contributed by atoms with Crippen LogP contribution in [-0.4, -0.2) is 18.4 Å². The molecule has 0 aromatic heterocycles. The Bertz CT molecular complexity index is 749. The van der Waals surface area contributed by atoms with E-state index in [4.69, 9.17) is 0 Å². The zero-order valence-electron chi connectivity index (χ0n) is 12.1. The summed E-state index contributed by atoms with van der Waals surface area (Å²) in [6.07, 6.45) is 0.241. The van der Waals surface area contributed by atoms with Crippen molar-refractivity contribution < 1.29 is 9.59 Å². The lowest BCUT2D eigenvalue weighted by Crippen LogP contribution is -2.28. The summed E-state index contributed by atoms with van der Waals surface area (Å²) in [4.78, 5) is 26.3. The molecule has 0 spiro atoms. The fraction of sp³-hybridized carbons (Fsp3) is 0.176. The molecular weight excluding hydrogens is 471 g/mol. The van der Waals surface area contributed by atoms with Crippen molar-refractivity contribution in [3.8, 4) is 0 Å². The van der Waals surface area contributed by atoms with Gasteiger partial charge in [0.15, 0.2) is 0 Å². The van der Waals surface area contributed by atoms with Gasteiger partial charge in [-0.05, 0) is 59.0 Å². The van der Waals surface area contributed by atoms with Gasteiger partial charge in [-0.15, -0.1) is 0 Å². The van der Waals surface area contributed by atoms with E-state index in [0.717, 1.165) is 19.4 Å². The lowest BCUT2D eigenvalue weighted by Gasteiger charge is -2.17. The summed E-state index contributed by atoms with van der Waals surface area (Å²) in [5.41, 5.74) is 1.61. The summed E-state index contributed by atoms with van der Waals surface area (Å²) in [7, 11) is 0. The van der Waals surface area contributed by atoms with E-state index in [1.54, 1.807) is 4.90 Å². The summed E-state index contributed by atoms with van der Waals surface area (Å²) in [6, 6.07) is 15.1. The number of halogens is 2. The van der Waals surface area contributed by atoms with Gasteiger partial charge in [0.25, 0.3) is 0 Å². The van der Waals surface area contributed by atoms with Crippen molar-refractivity contribution in [1.82, 2.24) is 0 Å². The van der Waals surface area contributed by atoms with Crippen LogP contribution < -0.4 is 10.2 Å². The highest BCUT2D eigenvalue weighted by molar-refractivity contribution is 14.1. The van der Waals surface area contributed by atoms with Crippen LogP contribution >= 0.6 is 38.5 Å². The maximum absolute atomic E-state index is 12.4. The van der Waals surface area contributed by atoms with Crippen LogP contribution in [0.4, 0.5) is 11.4 Å². The Hall–Kier alpha value is -1.41. The molecule has 2 aromatic rings. The molecule has 0 radical (unpaired) electrons. The molecule has 1 fully saturated rings. The Balaban J connectivity index is 1.71. The fourth-order valence-electron chi connectivity index (χ4n) is 2.55. The summed E-state index contributed by atoms with van der Waals surface area (Å²) in [6.45, 7) is 0.412. The van der Waals surface area contributed by atoms with E-state index in [2.05, 4.69) is 43.8 Å². The van der Waals surface area contributed by atoms with Crippen LogP contribution in [0.2, 0.25) is 0 Å². The Kier molecular flexibility index (Phi) is 5.01. The zero-order valence-corrected chi connectivity index (χ0v) is 15.9. The predicted octanol–water partition coefficient (Wildman–Crippen LogP) is 4.05. The first-order valence-electron chi connectivity index (χ1n) is 7.16. The minimum atomic E-state index is -0.331. The molecule has 0 saturated carbocycles. The fourth-order valence-corrected chi connectivity index (χ4v) is 3.34. The molecule has 1 atom stereocenters. The van der Waals surface area contributed by atoms with Crippen molar-refractivity contribution in [3.05, 3.63) is 56.6 Å². The third-order valence-corrected chi connectivity index (χ3v) is 5.24. The Morgan fingerprint density at radius 1 is 1.17 bits per heavy atom. The summed E-state index contributed by atoms with van der Waals surface area (Å²) in [5.74, 6) is -0.459. The molecule has 0 unspecified atom stereocenters. The van der Waals surface area contributed by atoms with Gasteiger partial charge in [0.1, 0.15) is 0 Å². The molecular formula is C17H14BrIN2O2. The maximum atomic E-state index is 12.4. The highest BCUT2D eigenvalue weighted by Gasteiger charge is 2.35. The van der Waals surface area contributed by atoms with E-state index in [1.807, 2.05) is 48.5 Å². The molecule has 3 rings (SSSR count). The minimum absolute atomic E-state index is 0.0183. The molecule has 4 nitrogen and oxygen atoms in total. The van der Waals surface area contributed by atoms with Crippen LogP contribution in [0.25, 0.3) is 0 Å². The van der Waals surface area contributed by atoms with Crippen LogP contribution in [-0.2, 0) is 9.59 Å². The average molecular weight is 485 g/mol. The molecule has 1 N–H and O–H groups in total. The number of hydrogen-bond donors (Lipinski definition) is 1. The number of amides is 2. The largest absolute Gasteiger partial charge is 0.325 e. The lowest BCUT2D eigenvalue weighted by molar-refractivity contribution is -0.122. The van der Waals surface area contributed by atoms with E-state index in [-0.39, 0.29) is 24.2 Å². The molecule has 0 aliphatic carbocycles. The van der Waals surface area contributed by atoms with E-state index < -0.39 is 0 Å². The molecule has 1 heterocycles. The van der Waals surface area contributed by atoms with Gasteiger partial charge in [-0.2, -0.15) is 0 Å². The van der Waals surface area contributed by atoms with Crippen LogP contribution in [0.1, 0.15) is 6.42 Å². The van der Waals surface area contributed by atoms with E-state index in [9.17, 15) is 9.59 Å². The second kappa shape index (κ2) is 7.00. The number of carbonyl (C=O) groups excluding carboxylic acids is 2. The van der Waals surface area contributed by atoms with Gasteiger partial charge in [-0.25, -0.2) is 0 Å². The average Bonchev–Trinajstić information content (AvgIpc) is 2.92. The van der Waals surface area contributed by atoms with Crippen molar-refractivity contribution in [1.29, 1.82) is 0 Å². The number of nitrogens with one attached hydrogen (secondary N) is 1. The molecule has 118 valence electrons. The number of nitrogens with zero attached hydrogens (tertiary/aromatic N) is 1. The van der Waals surface area contributed by atoms with Gasteiger partial charge >= 0.3 is 0 Å². The highest BCUT2D eigenvalue weighted by atomic mass is 127. The quantitative estimate of drug-likeness (QED) is 0.668. The van der Waals surface area contributed by atoms with Crippen LogP contribution in [0.5, 0.6) is 0 Å². The molecule has 0 bridgehead atoms. The van der Waals surface area contributed by atoms with Crippen molar-refractivity contribution in [3.63, 3.8) is 0 Å². The van der Waals surface area contributed by atoms with Crippen molar-refractivity contribution in [2.75, 3.05) is 16.8 Å². The topological polar surface area (TPSA) is 49.4 Å². The third-order valence-electron chi connectivity index (χ3n) is 3.77. The minimum Gasteiger partial charge on any atom is -0.325 e. The normalized spacial score (nSPS) is 17.4. The number of benzene rings is 2. The maximum Gasteiger partial charge on any atom is 0.229 e. The predicted molar refractivity (Wildman–Crippen MR) is 102 cm³/mol. The molecule has 1 aliphatic rings. The number of anilines is 2. The van der Waals surface area contributed by atoms with E-state index in [0.29, 0.717) is 6.54 Å². The number of hydrogen-bond acceptors (Lipinski definition) is 2. The van der Waals surface area contributed by atoms with Gasteiger partial charge in [-0.3, -0.25) is 9.59 Å². The third kappa shape index (κ3) is 3.74. The molecule has 2 aromatic carbocycles. The van der Waals surface area contributed by atoms with E-state index >= 15 is 0 Å². The van der Waals surface area contributed by atoms with Crippen molar-refractivity contribution >= 4 is 61.7 Å².